The molecule has 1 aromatic heterocycles. The van der Waals surface area contributed by atoms with Gasteiger partial charge in [-0.2, -0.15) is 5.10 Å². The standard InChI is InChI=1S/C25H20N2O3/c28-25(29-18-19-7-3-1-4-8-19)21-13-11-20(12-14-21)24-16-15-23(30-24)17-26-27-22-9-5-2-6-10-22/h1-17,27H,18H2. The highest BCUT2D eigenvalue weighted by molar-refractivity contribution is 5.90. The number of benzene rings is 3. The Morgan fingerprint density at radius 1 is 0.867 bits per heavy atom. The van der Waals surface area contributed by atoms with Crippen LogP contribution in [0.5, 0.6) is 0 Å². The Morgan fingerprint density at radius 2 is 1.57 bits per heavy atom. The van der Waals surface area contributed by atoms with Crippen LogP contribution in [0.3, 0.4) is 0 Å². The second-order valence-corrected chi connectivity index (χ2v) is 6.58. The lowest BCUT2D eigenvalue weighted by Crippen LogP contribution is -2.04. The number of furan rings is 1. The van der Waals surface area contributed by atoms with Crippen LogP contribution in [0.1, 0.15) is 21.7 Å². The number of esters is 1. The third-order valence-corrected chi connectivity index (χ3v) is 4.40. The minimum absolute atomic E-state index is 0.249. The van der Waals surface area contributed by atoms with Gasteiger partial charge in [-0.15, -0.1) is 0 Å². The Bertz CT molecular complexity index is 1120. The van der Waals surface area contributed by atoms with Crippen molar-refractivity contribution in [3.05, 3.63) is 114 Å². The van der Waals surface area contributed by atoms with E-state index in [1.54, 1.807) is 18.3 Å². The molecule has 0 aliphatic rings. The Labute approximate surface area is 174 Å². The summed E-state index contributed by atoms with van der Waals surface area (Å²) in [7, 11) is 0. The van der Waals surface area contributed by atoms with Crippen LogP contribution in [0, 0.1) is 0 Å². The zero-order valence-electron chi connectivity index (χ0n) is 16.2. The summed E-state index contributed by atoms with van der Waals surface area (Å²) in [5, 5.41) is 4.17. The smallest absolute Gasteiger partial charge is 0.338 e. The fourth-order valence-corrected chi connectivity index (χ4v) is 2.84. The number of nitrogens with one attached hydrogen (secondary N) is 1. The molecule has 0 saturated carbocycles. The molecule has 0 unspecified atom stereocenters. The number of ether oxygens (including phenoxy) is 1. The van der Waals surface area contributed by atoms with Gasteiger partial charge in [-0.1, -0.05) is 60.7 Å². The quantitative estimate of drug-likeness (QED) is 0.245. The van der Waals surface area contributed by atoms with Gasteiger partial charge >= 0.3 is 5.97 Å². The van der Waals surface area contributed by atoms with Crippen molar-refractivity contribution in [3.63, 3.8) is 0 Å². The average molecular weight is 396 g/mol. The maximum absolute atomic E-state index is 12.2. The van der Waals surface area contributed by atoms with E-state index in [9.17, 15) is 4.79 Å². The van der Waals surface area contributed by atoms with Crippen molar-refractivity contribution in [3.8, 4) is 11.3 Å². The van der Waals surface area contributed by atoms with Gasteiger partial charge < -0.3 is 9.15 Å². The van der Waals surface area contributed by atoms with E-state index in [2.05, 4.69) is 10.5 Å². The summed E-state index contributed by atoms with van der Waals surface area (Å²) in [6.07, 6.45) is 1.62. The van der Waals surface area contributed by atoms with Gasteiger partial charge in [0.15, 0.2) is 0 Å². The normalized spacial score (nSPS) is 10.8. The summed E-state index contributed by atoms with van der Waals surface area (Å²) < 4.78 is 11.2. The van der Waals surface area contributed by atoms with E-state index in [0.717, 1.165) is 16.8 Å². The summed E-state index contributed by atoms with van der Waals surface area (Å²) in [5.74, 6) is 0.963. The fraction of sp³-hybridized carbons (Fsp3) is 0.0400. The lowest BCUT2D eigenvalue weighted by atomic mass is 10.1. The van der Waals surface area contributed by atoms with E-state index >= 15 is 0 Å². The Kier molecular flexibility index (Phi) is 6.01. The van der Waals surface area contributed by atoms with E-state index in [0.29, 0.717) is 17.1 Å². The fourth-order valence-electron chi connectivity index (χ4n) is 2.84. The summed E-state index contributed by atoms with van der Waals surface area (Å²) in [4.78, 5) is 12.2. The molecule has 0 radical (unpaired) electrons. The summed E-state index contributed by atoms with van der Waals surface area (Å²) in [6, 6.07) is 30.1. The van der Waals surface area contributed by atoms with Crippen LogP contribution >= 0.6 is 0 Å². The van der Waals surface area contributed by atoms with E-state index in [-0.39, 0.29) is 12.6 Å². The average Bonchev–Trinajstić information content (AvgIpc) is 3.28. The maximum Gasteiger partial charge on any atom is 0.338 e. The molecule has 5 heteroatoms. The zero-order valence-corrected chi connectivity index (χ0v) is 16.2. The van der Waals surface area contributed by atoms with Gasteiger partial charge in [0, 0.05) is 5.56 Å². The summed E-state index contributed by atoms with van der Waals surface area (Å²) in [6.45, 7) is 0.249. The summed E-state index contributed by atoms with van der Waals surface area (Å²) >= 11 is 0. The number of hydrogen-bond acceptors (Lipinski definition) is 5. The maximum atomic E-state index is 12.2. The highest BCUT2D eigenvalue weighted by Gasteiger charge is 2.09. The lowest BCUT2D eigenvalue weighted by Gasteiger charge is -2.05. The minimum atomic E-state index is -0.357. The number of para-hydroxylation sites is 1. The monoisotopic (exact) mass is 396 g/mol. The van der Waals surface area contributed by atoms with E-state index in [4.69, 9.17) is 9.15 Å². The molecule has 0 saturated heterocycles. The van der Waals surface area contributed by atoms with Crippen LogP contribution in [0.2, 0.25) is 0 Å². The van der Waals surface area contributed by atoms with Crippen molar-refractivity contribution in [1.82, 2.24) is 0 Å². The van der Waals surface area contributed by atoms with Crippen LogP contribution < -0.4 is 5.43 Å². The molecule has 0 aliphatic heterocycles. The number of hydrogen-bond donors (Lipinski definition) is 1. The largest absolute Gasteiger partial charge is 0.457 e. The molecule has 5 nitrogen and oxygen atoms in total. The first-order valence-electron chi connectivity index (χ1n) is 9.53. The predicted molar refractivity (Wildman–Crippen MR) is 117 cm³/mol. The van der Waals surface area contributed by atoms with Crippen LogP contribution in [0.4, 0.5) is 5.69 Å². The van der Waals surface area contributed by atoms with Crippen molar-refractivity contribution < 1.29 is 13.9 Å². The molecule has 3 aromatic carbocycles. The molecule has 1 heterocycles. The van der Waals surface area contributed by atoms with Gasteiger partial charge in [-0.05, 0) is 42.0 Å². The van der Waals surface area contributed by atoms with E-state index in [1.165, 1.54) is 0 Å². The lowest BCUT2D eigenvalue weighted by molar-refractivity contribution is 0.0472. The van der Waals surface area contributed by atoms with Crippen LogP contribution in [-0.2, 0) is 11.3 Å². The van der Waals surface area contributed by atoms with Crippen molar-refractivity contribution >= 4 is 17.9 Å². The number of anilines is 1. The highest BCUT2D eigenvalue weighted by Crippen LogP contribution is 2.22. The van der Waals surface area contributed by atoms with Gasteiger partial charge in [-0.25, -0.2) is 4.79 Å². The Balaban J connectivity index is 1.35. The van der Waals surface area contributed by atoms with E-state index in [1.807, 2.05) is 84.9 Å². The minimum Gasteiger partial charge on any atom is -0.457 e. The third kappa shape index (κ3) is 5.02. The van der Waals surface area contributed by atoms with Crippen LogP contribution in [0.25, 0.3) is 11.3 Å². The predicted octanol–water partition coefficient (Wildman–Crippen LogP) is 5.75. The molecule has 0 fully saturated rings. The second-order valence-electron chi connectivity index (χ2n) is 6.58. The first kappa shape index (κ1) is 19.2. The van der Waals surface area contributed by atoms with E-state index < -0.39 is 0 Å². The van der Waals surface area contributed by atoms with Gasteiger partial charge in [0.05, 0.1) is 17.5 Å². The number of nitrogens with zero attached hydrogens (tertiary/aromatic N) is 1. The number of hydrazone groups is 1. The van der Waals surface area contributed by atoms with Crippen molar-refractivity contribution in [2.45, 2.75) is 6.61 Å². The molecule has 148 valence electrons. The molecule has 0 aliphatic carbocycles. The van der Waals surface area contributed by atoms with Crippen molar-refractivity contribution in [2.75, 3.05) is 5.43 Å². The van der Waals surface area contributed by atoms with Gasteiger partial charge in [0.2, 0.25) is 0 Å². The highest BCUT2D eigenvalue weighted by atomic mass is 16.5. The summed E-state index contributed by atoms with van der Waals surface area (Å²) in [5.41, 5.74) is 6.16. The zero-order chi connectivity index (χ0) is 20.6. The molecule has 1 N–H and O–H groups in total. The number of carbonyl (C=O) groups is 1. The molecule has 0 atom stereocenters. The van der Waals surface area contributed by atoms with Gasteiger partial charge in [0.25, 0.3) is 0 Å². The first-order valence-corrected chi connectivity index (χ1v) is 9.53. The SMILES string of the molecule is O=C(OCc1ccccc1)c1ccc(-c2ccc(C=NNc3ccccc3)o2)cc1. The Morgan fingerprint density at radius 3 is 2.30 bits per heavy atom. The Hall–Kier alpha value is -4.12. The molecule has 4 rings (SSSR count). The first-order chi connectivity index (χ1) is 14.8. The molecule has 0 bridgehead atoms. The molecular formula is C25H20N2O3. The molecule has 0 amide bonds. The van der Waals surface area contributed by atoms with Gasteiger partial charge in [-0.3, -0.25) is 5.43 Å². The molecule has 0 spiro atoms. The van der Waals surface area contributed by atoms with Crippen molar-refractivity contribution in [2.24, 2.45) is 5.10 Å². The van der Waals surface area contributed by atoms with Crippen molar-refractivity contribution in [1.29, 1.82) is 0 Å². The number of rotatable bonds is 7. The second kappa shape index (κ2) is 9.39. The molecule has 30 heavy (non-hydrogen) atoms. The topological polar surface area (TPSA) is 63.8 Å². The number of carbonyl (C=O) groups excluding carboxylic acids is 1. The molecule has 4 aromatic rings. The van der Waals surface area contributed by atoms with Gasteiger partial charge in [0.1, 0.15) is 18.1 Å². The third-order valence-electron chi connectivity index (χ3n) is 4.40. The van der Waals surface area contributed by atoms with Crippen LogP contribution in [0.15, 0.2) is 107 Å². The molecular weight excluding hydrogens is 376 g/mol. The van der Waals surface area contributed by atoms with Crippen LogP contribution in [-0.4, -0.2) is 12.2 Å².